The van der Waals surface area contributed by atoms with Crippen molar-refractivity contribution < 1.29 is 4.74 Å². The molecule has 0 radical (unpaired) electrons. The Morgan fingerprint density at radius 1 is 1.19 bits per heavy atom. The fourth-order valence-electron chi connectivity index (χ4n) is 2.13. The summed E-state index contributed by atoms with van der Waals surface area (Å²) >= 11 is 0. The lowest BCUT2D eigenvalue weighted by atomic mass is 10.0. The van der Waals surface area contributed by atoms with Crippen LogP contribution in [0.15, 0.2) is 36.4 Å². The van der Waals surface area contributed by atoms with Crippen LogP contribution in [0.2, 0.25) is 0 Å². The Balaban J connectivity index is 2.15. The number of aromatic nitrogens is 2. The van der Waals surface area contributed by atoms with Gasteiger partial charge in [-0.3, -0.25) is 0 Å². The number of anilines is 2. The van der Waals surface area contributed by atoms with Gasteiger partial charge >= 0.3 is 0 Å². The average Bonchev–Trinajstić information content (AvgIpc) is 2.51. The second kappa shape index (κ2) is 7.59. The molecule has 3 N–H and O–H groups in total. The molecule has 0 saturated heterocycles. The van der Waals surface area contributed by atoms with Crippen LogP contribution in [0.1, 0.15) is 37.7 Å². The van der Waals surface area contributed by atoms with Crippen LogP contribution in [0.3, 0.4) is 0 Å². The lowest BCUT2D eigenvalue weighted by molar-refractivity contribution is 0.128. The van der Waals surface area contributed by atoms with Crippen molar-refractivity contribution in [3.05, 3.63) is 47.8 Å². The summed E-state index contributed by atoms with van der Waals surface area (Å²) in [5, 5.41) is 3.42. The SMILES string of the molecule is CCOCc1nc(N)cc(NC(CC)c2ccccc2)n1. The lowest BCUT2D eigenvalue weighted by Gasteiger charge is -2.18. The minimum absolute atomic E-state index is 0.195. The van der Waals surface area contributed by atoms with E-state index >= 15 is 0 Å². The molecule has 0 aliphatic carbocycles. The van der Waals surface area contributed by atoms with Crippen molar-refractivity contribution >= 4 is 11.6 Å². The summed E-state index contributed by atoms with van der Waals surface area (Å²) < 4.78 is 5.34. The van der Waals surface area contributed by atoms with Crippen LogP contribution in [-0.4, -0.2) is 16.6 Å². The lowest BCUT2D eigenvalue weighted by Crippen LogP contribution is -2.13. The monoisotopic (exact) mass is 286 g/mol. The fraction of sp³-hybridized carbons (Fsp3) is 0.375. The van der Waals surface area contributed by atoms with Crippen molar-refractivity contribution in [2.45, 2.75) is 32.9 Å². The van der Waals surface area contributed by atoms with Gasteiger partial charge in [-0.25, -0.2) is 9.97 Å². The molecule has 21 heavy (non-hydrogen) atoms. The van der Waals surface area contributed by atoms with Gasteiger partial charge in [0, 0.05) is 12.7 Å². The molecule has 0 saturated carbocycles. The second-order valence-corrected chi connectivity index (χ2v) is 4.75. The molecule has 0 fully saturated rings. The van der Waals surface area contributed by atoms with Crippen LogP contribution < -0.4 is 11.1 Å². The van der Waals surface area contributed by atoms with Gasteiger partial charge in [-0.05, 0) is 18.9 Å². The Morgan fingerprint density at radius 3 is 2.62 bits per heavy atom. The Bertz CT molecular complexity index is 559. The average molecular weight is 286 g/mol. The molecule has 1 aromatic heterocycles. The van der Waals surface area contributed by atoms with Crippen LogP contribution in [-0.2, 0) is 11.3 Å². The van der Waals surface area contributed by atoms with Crippen molar-refractivity contribution in [1.82, 2.24) is 9.97 Å². The highest BCUT2D eigenvalue weighted by molar-refractivity contribution is 5.46. The van der Waals surface area contributed by atoms with E-state index in [-0.39, 0.29) is 6.04 Å². The maximum Gasteiger partial charge on any atom is 0.158 e. The number of nitrogens with one attached hydrogen (secondary N) is 1. The van der Waals surface area contributed by atoms with Crippen molar-refractivity contribution in [1.29, 1.82) is 0 Å². The second-order valence-electron chi connectivity index (χ2n) is 4.75. The third kappa shape index (κ3) is 4.43. The van der Waals surface area contributed by atoms with E-state index in [0.29, 0.717) is 24.9 Å². The highest BCUT2D eigenvalue weighted by atomic mass is 16.5. The summed E-state index contributed by atoms with van der Waals surface area (Å²) in [6.45, 7) is 5.07. The van der Waals surface area contributed by atoms with Crippen molar-refractivity contribution in [2.24, 2.45) is 0 Å². The first kappa shape index (κ1) is 15.3. The van der Waals surface area contributed by atoms with Gasteiger partial charge in [-0.1, -0.05) is 37.3 Å². The maximum atomic E-state index is 5.84. The number of hydrogen-bond donors (Lipinski definition) is 2. The molecule has 0 aliphatic heterocycles. The molecule has 2 aromatic rings. The molecule has 1 atom stereocenters. The third-order valence-electron chi connectivity index (χ3n) is 3.16. The quantitative estimate of drug-likeness (QED) is 0.818. The van der Waals surface area contributed by atoms with E-state index < -0.39 is 0 Å². The molecule has 112 valence electrons. The first-order valence-corrected chi connectivity index (χ1v) is 7.25. The molecule has 2 rings (SSSR count). The van der Waals surface area contributed by atoms with Gasteiger partial charge in [0.1, 0.15) is 18.2 Å². The molecular formula is C16H22N4O. The number of rotatable bonds is 7. The van der Waals surface area contributed by atoms with Gasteiger partial charge in [0.2, 0.25) is 0 Å². The Morgan fingerprint density at radius 2 is 1.95 bits per heavy atom. The number of ether oxygens (including phenoxy) is 1. The first-order valence-electron chi connectivity index (χ1n) is 7.25. The number of nitrogen functional groups attached to an aromatic ring is 1. The van der Waals surface area contributed by atoms with Crippen molar-refractivity contribution in [3.63, 3.8) is 0 Å². The number of benzene rings is 1. The topological polar surface area (TPSA) is 73.1 Å². The van der Waals surface area contributed by atoms with Crippen LogP contribution >= 0.6 is 0 Å². The van der Waals surface area contributed by atoms with E-state index in [4.69, 9.17) is 10.5 Å². The zero-order chi connectivity index (χ0) is 15.1. The molecule has 0 spiro atoms. The molecule has 0 amide bonds. The minimum Gasteiger partial charge on any atom is -0.384 e. The smallest absolute Gasteiger partial charge is 0.158 e. The molecule has 5 nitrogen and oxygen atoms in total. The van der Waals surface area contributed by atoms with E-state index in [0.717, 1.165) is 12.2 Å². The van der Waals surface area contributed by atoms with Crippen LogP contribution in [0.5, 0.6) is 0 Å². The van der Waals surface area contributed by atoms with Gasteiger partial charge in [-0.15, -0.1) is 0 Å². The van der Waals surface area contributed by atoms with E-state index in [1.807, 2.05) is 25.1 Å². The number of nitrogens with zero attached hydrogens (tertiary/aromatic N) is 2. The third-order valence-corrected chi connectivity index (χ3v) is 3.16. The normalized spacial score (nSPS) is 12.1. The van der Waals surface area contributed by atoms with Crippen LogP contribution in [0.4, 0.5) is 11.6 Å². The minimum atomic E-state index is 0.195. The van der Waals surface area contributed by atoms with Crippen LogP contribution in [0, 0.1) is 0 Å². The summed E-state index contributed by atoms with van der Waals surface area (Å²) in [5.74, 6) is 1.78. The van der Waals surface area contributed by atoms with E-state index in [1.165, 1.54) is 5.56 Å². The predicted octanol–water partition coefficient (Wildman–Crippen LogP) is 3.16. The molecule has 1 unspecified atom stereocenters. The largest absolute Gasteiger partial charge is 0.384 e. The van der Waals surface area contributed by atoms with Crippen molar-refractivity contribution in [2.75, 3.05) is 17.7 Å². The first-order chi connectivity index (χ1) is 10.2. The Kier molecular flexibility index (Phi) is 5.51. The van der Waals surface area contributed by atoms with E-state index in [1.54, 1.807) is 6.07 Å². The van der Waals surface area contributed by atoms with Gasteiger partial charge in [0.25, 0.3) is 0 Å². The van der Waals surface area contributed by atoms with Crippen LogP contribution in [0.25, 0.3) is 0 Å². The fourth-order valence-corrected chi connectivity index (χ4v) is 2.13. The summed E-state index contributed by atoms with van der Waals surface area (Å²) in [6, 6.07) is 12.2. The highest BCUT2D eigenvalue weighted by Crippen LogP contribution is 2.22. The molecular weight excluding hydrogens is 264 g/mol. The maximum absolute atomic E-state index is 5.84. The predicted molar refractivity (Wildman–Crippen MR) is 84.9 cm³/mol. The van der Waals surface area contributed by atoms with Gasteiger partial charge < -0.3 is 15.8 Å². The van der Waals surface area contributed by atoms with E-state index in [9.17, 15) is 0 Å². The van der Waals surface area contributed by atoms with Gasteiger partial charge in [-0.2, -0.15) is 0 Å². The molecule has 1 aromatic carbocycles. The summed E-state index contributed by atoms with van der Waals surface area (Å²) in [7, 11) is 0. The Hall–Kier alpha value is -2.14. The molecule has 5 heteroatoms. The molecule has 0 aliphatic rings. The highest BCUT2D eigenvalue weighted by Gasteiger charge is 2.11. The summed E-state index contributed by atoms with van der Waals surface area (Å²) in [6.07, 6.45) is 0.953. The van der Waals surface area contributed by atoms with Gasteiger partial charge in [0.15, 0.2) is 5.82 Å². The van der Waals surface area contributed by atoms with Gasteiger partial charge in [0.05, 0.1) is 6.04 Å². The zero-order valence-corrected chi connectivity index (χ0v) is 12.5. The van der Waals surface area contributed by atoms with Crippen molar-refractivity contribution in [3.8, 4) is 0 Å². The Labute approximate surface area is 125 Å². The number of nitrogens with two attached hydrogens (primary N) is 1. The van der Waals surface area contributed by atoms with E-state index in [2.05, 4.69) is 34.3 Å². The summed E-state index contributed by atoms with van der Waals surface area (Å²) in [4.78, 5) is 8.64. The molecule has 0 bridgehead atoms. The summed E-state index contributed by atoms with van der Waals surface area (Å²) in [5.41, 5.74) is 7.07. The number of hydrogen-bond acceptors (Lipinski definition) is 5. The standard InChI is InChI=1S/C16H22N4O/c1-3-13(12-8-6-5-7-9-12)18-15-10-14(17)19-16(20-15)11-21-4-2/h5-10,13H,3-4,11H2,1-2H3,(H3,17,18,19,20). The zero-order valence-electron chi connectivity index (χ0n) is 12.5. The molecule has 1 heterocycles.